The normalized spacial score (nSPS) is 11.4. The minimum absolute atomic E-state index is 0.142. The van der Waals surface area contributed by atoms with Crippen LogP contribution in [0.3, 0.4) is 0 Å². The molecule has 1 amide bonds. The summed E-state index contributed by atoms with van der Waals surface area (Å²) in [5.74, 6) is -2.56. The molecule has 0 aliphatic carbocycles. The molecule has 120 valence electrons. The molecule has 0 N–H and O–H groups in total. The van der Waals surface area contributed by atoms with Gasteiger partial charge in [-0.15, -0.1) is 0 Å². The van der Waals surface area contributed by atoms with Crippen molar-refractivity contribution >= 4 is 11.5 Å². The van der Waals surface area contributed by atoms with Crippen LogP contribution in [-0.4, -0.2) is 17.9 Å². The fourth-order valence-corrected chi connectivity index (χ4v) is 2.10. The Kier molecular flexibility index (Phi) is 5.21. The van der Waals surface area contributed by atoms with Crippen LogP contribution in [0.2, 0.25) is 0 Å². The fourth-order valence-electron chi connectivity index (χ4n) is 2.10. The molecule has 2 nitrogen and oxygen atoms in total. The summed E-state index contributed by atoms with van der Waals surface area (Å²) < 4.78 is 39.3. The summed E-state index contributed by atoms with van der Waals surface area (Å²) in [6.45, 7) is 1.85. The summed E-state index contributed by atoms with van der Waals surface area (Å²) in [5.41, 5.74) is 1.71. The number of nitrogens with zero attached hydrogens (tertiary/aromatic N) is 1. The number of amides is 1. The highest BCUT2D eigenvalue weighted by atomic mass is 19.2. The SMILES string of the molecule is C/C(=C/C(=O)N(C)Cc1ccc(F)c(F)c1)c1cccc(F)c1. The van der Waals surface area contributed by atoms with Gasteiger partial charge >= 0.3 is 0 Å². The van der Waals surface area contributed by atoms with Gasteiger partial charge in [-0.3, -0.25) is 4.79 Å². The van der Waals surface area contributed by atoms with E-state index in [2.05, 4.69) is 0 Å². The van der Waals surface area contributed by atoms with Crippen molar-refractivity contribution in [2.24, 2.45) is 0 Å². The van der Waals surface area contributed by atoms with Crippen LogP contribution in [0, 0.1) is 17.5 Å². The van der Waals surface area contributed by atoms with E-state index in [-0.39, 0.29) is 18.3 Å². The van der Waals surface area contributed by atoms with Crippen LogP contribution < -0.4 is 0 Å². The average Bonchev–Trinajstić information content (AvgIpc) is 2.50. The van der Waals surface area contributed by atoms with Gasteiger partial charge in [-0.05, 0) is 47.9 Å². The quantitative estimate of drug-likeness (QED) is 0.775. The van der Waals surface area contributed by atoms with E-state index in [0.717, 1.165) is 12.1 Å². The van der Waals surface area contributed by atoms with E-state index in [9.17, 15) is 18.0 Å². The molecule has 0 bridgehead atoms. The van der Waals surface area contributed by atoms with Crippen molar-refractivity contribution in [3.05, 3.63) is 77.1 Å². The smallest absolute Gasteiger partial charge is 0.246 e. The lowest BCUT2D eigenvalue weighted by Crippen LogP contribution is -2.24. The lowest BCUT2D eigenvalue weighted by Gasteiger charge is -2.16. The van der Waals surface area contributed by atoms with Gasteiger partial charge in [0.05, 0.1) is 0 Å². The van der Waals surface area contributed by atoms with Gasteiger partial charge in [-0.1, -0.05) is 18.2 Å². The Bertz CT molecular complexity index is 756. The molecule has 2 aromatic rings. The number of likely N-dealkylation sites (N-methyl/N-ethyl adjacent to an activating group) is 1. The van der Waals surface area contributed by atoms with Crippen LogP contribution in [0.15, 0.2) is 48.5 Å². The molecule has 0 fully saturated rings. The lowest BCUT2D eigenvalue weighted by molar-refractivity contribution is -0.125. The van der Waals surface area contributed by atoms with Gasteiger partial charge in [0.15, 0.2) is 11.6 Å². The van der Waals surface area contributed by atoms with Crippen LogP contribution in [0.1, 0.15) is 18.1 Å². The zero-order chi connectivity index (χ0) is 17.0. The Balaban J connectivity index is 2.09. The zero-order valence-electron chi connectivity index (χ0n) is 12.8. The van der Waals surface area contributed by atoms with Crippen LogP contribution >= 0.6 is 0 Å². The van der Waals surface area contributed by atoms with Crippen molar-refractivity contribution in [1.82, 2.24) is 4.90 Å². The first-order valence-electron chi connectivity index (χ1n) is 7.00. The van der Waals surface area contributed by atoms with Gasteiger partial charge in [0, 0.05) is 19.7 Å². The van der Waals surface area contributed by atoms with E-state index in [4.69, 9.17) is 0 Å². The second kappa shape index (κ2) is 7.13. The molecule has 0 aliphatic rings. The number of hydrogen-bond donors (Lipinski definition) is 0. The highest BCUT2D eigenvalue weighted by Crippen LogP contribution is 2.16. The number of hydrogen-bond acceptors (Lipinski definition) is 1. The summed E-state index contributed by atoms with van der Waals surface area (Å²) in [5, 5.41) is 0. The molecule has 0 saturated carbocycles. The summed E-state index contributed by atoms with van der Waals surface area (Å²) >= 11 is 0. The summed E-state index contributed by atoms with van der Waals surface area (Å²) in [6, 6.07) is 9.45. The second-order valence-corrected chi connectivity index (χ2v) is 5.28. The molecule has 0 aromatic heterocycles. The maximum absolute atomic E-state index is 13.2. The number of halogens is 3. The van der Waals surface area contributed by atoms with Gasteiger partial charge in [0.1, 0.15) is 5.82 Å². The standard InChI is InChI=1S/C18H16F3NO/c1-12(14-4-3-5-15(19)10-14)8-18(23)22(2)11-13-6-7-16(20)17(21)9-13/h3-10H,11H2,1-2H3/b12-8-. The zero-order valence-corrected chi connectivity index (χ0v) is 12.8. The third-order valence-electron chi connectivity index (χ3n) is 3.40. The van der Waals surface area contributed by atoms with E-state index >= 15 is 0 Å². The summed E-state index contributed by atoms with van der Waals surface area (Å²) in [6.07, 6.45) is 1.38. The van der Waals surface area contributed by atoms with E-state index in [1.54, 1.807) is 26.1 Å². The molecule has 23 heavy (non-hydrogen) atoms. The predicted molar refractivity (Wildman–Crippen MR) is 82.9 cm³/mol. The molecule has 0 saturated heterocycles. The molecule has 0 atom stereocenters. The van der Waals surface area contributed by atoms with Gasteiger partial charge in [0.2, 0.25) is 5.91 Å². The van der Waals surface area contributed by atoms with Gasteiger partial charge in [-0.25, -0.2) is 13.2 Å². The van der Waals surface area contributed by atoms with Gasteiger partial charge in [-0.2, -0.15) is 0 Å². The molecule has 0 unspecified atom stereocenters. The van der Waals surface area contributed by atoms with Gasteiger partial charge < -0.3 is 4.90 Å². The molecule has 2 rings (SSSR count). The van der Waals surface area contributed by atoms with Crippen LogP contribution in [-0.2, 0) is 11.3 Å². The number of benzene rings is 2. The first kappa shape index (κ1) is 16.8. The van der Waals surface area contributed by atoms with E-state index in [0.29, 0.717) is 16.7 Å². The average molecular weight is 319 g/mol. The molecule has 2 aromatic carbocycles. The highest BCUT2D eigenvalue weighted by Gasteiger charge is 2.10. The Morgan fingerprint density at radius 3 is 2.48 bits per heavy atom. The highest BCUT2D eigenvalue weighted by molar-refractivity contribution is 5.94. The Hall–Kier alpha value is -2.56. The van der Waals surface area contributed by atoms with Crippen molar-refractivity contribution in [2.45, 2.75) is 13.5 Å². The Morgan fingerprint density at radius 1 is 1.09 bits per heavy atom. The van der Waals surface area contributed by atoms with E-state index in [1.165, 1.54) is 29.2 Å². The number of rotatable bonds is 4. The predicted octanol–water partition coefficient (Wildman–Crippen LogP) is 4.17. The largest absolute Gasteiger partial charge is 0.338 e. The molecule has 0 radical (unpaired) electrons. The van der Waals surface area contributed by atoms with Crippen LogP contribution in [0.25, 0.3) is 5.57 Å². The third-order valence-corrected chi connectivity index (χ3v) is 3.40. The Labute approximate surface area is 132 Å². The fraction of sp³-hybridized carbons (Fsp3) is 0.167. The van der Waals surface area contributed by atoms with Crippen molar-refractivity contribution in [2.75, 3.05) is 7.05 Å². The first-order valence-corrected chi connectivity index (χ1v) is 7.00. The Morgan fingerprint density at radius 2 is 1.83 bits per heavy atom. The third kappa shape index (κ3) is 4.45. The minimum Gasteiger partial charge on any atom is -0.338 e. The summed E-state index contributed by atoms with van der Waals surface area (Å²) in [7, 11) is 1.55. The molecule has 0 spiro atoms. The topological polar surface area (TPSA) is 20.3 Å². The maximum atomic E-state index is 13.2. The lowest BCUT2D eigenvalue weighted by atomic mass is 10.1. The van der Waals surface area contributed by atoms with Crippen molar-refractivity contribution in [3.8, 4) is 0 Å². The molecular weight excluding hydrogens is 303 g/mol. The summed E-state index contributed by atoms with van der Waals surface area (Å²) in [4.78, 5) is 13.5. The van der Waals surface area contributed by atoms with E-state index in [1.807, 2.05) is 0 Å². The van der Waals surface area contributed by atoms with Crippen LogP contribution in [0.4, 0.5) is 13.2 Å². The number of carbonyl (C=O) groups is 1. The van der Waals surface area contributed by atoms with Crippen molar-refractivity contribution in [1.29, 1.82) is 0 Å². The number of carbonyl (C=O) groups excluding carboxylic acids is 1. The monoisotopic (exact) mass is 319 g/mol. The first-order chi connectivity index (χ1) is 10.9. The van der Waals surface area contributed by atoms with Crippen molar-refractivity contribution < 1.29 is 18.0 Å². The van der Waals surface area contributed by atoms with Crippen LogP contribution in [0.5, 0.6) is 0 Å². The maximum Gasteiger partial charge on any atom is 0.246 e. The number of allylic oxidation sites excluding steroid dienone is 1. The molecule has 0 aliphatic heterocycles. The molecular formula is C18H16F3NO. The second-order valence-electron chi connectivity index (χ2n) is 5.28. The van der Waals surface area contributed by atoms with E-state index < -0.39 is 11.6 Å². The van der Waals surface area contributed by atoms with Gasteiger partial charge in [0.25, 0.3) is 0 Å². The molecule has 5 heteroatoms. The van der Waals surface area contributed by atoms with Crippen molar-refractivity contribution in [3.63, 3.8) is 0 Å². The minimum atomic E-state index is -0.949. The molecule has 0 heterocycles.